The zero-order valence-electron chi connectivity index (χ0n) is 24.1. The van der Waals surface area contributed by atoms with Crippen LogP contribution in [-0.2, 0) is 22.8 Å². The van der Waals surface area contributed by atoms with Crippen molar-refractivity contribution in [3.63, 3.8) is 0 Å². The predicted molar refractivity (Wildman–Crippen MR) is 167 cm³/mol. The van der Waals surface area contributed by atoms with E-state index in [9.17, 15) is 8.42 Å². The van der Waals surface area contributed by atoms with Gasteiger partial charge in [-0.25, -0.2) is 17.9 Å². The number of benzene rings is 2. The fourth-order valence-electron chi connectivity index (χ4n) is 5.79. The van der Waals surface area contributed by atoms with E-state index in [1.165, 1.54) is 18.1 Å². The van der Waals surface area contributed by atoms with E-state index in [0.717, 1.165) is 91.8 Å². The molecule has 1 fully saturated rings. The molecule has 1 saturated heterocycles. The standard InChI is InChI=1S/C31H38N8O2S/c1-42(40,41)18-17-37-15-13-36(14-16-37)12-6-5-9-27-20-28(30-31(32)33-23-34-39(27)30)25-10-11-26-22-38(35-29(26)19-25)21-24-7-3-2-4-8-24/h2-4,7-8,10-11,19-20,22-23H,5-6,9,12-18,21H2,1H3,(H2,32,33,34). The largest absolute Gasteiger partial charge is 0.382 e. The Labute approximate surface area is 246 Å². The van der Waals surface area contributed by atoms with Crippen molar-refractivity contribution in [3.8, 4) is 11.1 Å². The van der Waals surface area contributed by atoms with Crippen LogP contribution in [0.5, 0.6) is 0 Å². The van der Waals surface area contributed by atoms with E-state index in [0.29, 0.717) is 12.4 Å². The van der Waals surface area contributed by atoms with Crippen LogP contribution >= 0.6 is 0 Å². The minimum absolute atomic E-state index is 0.236. The number of nitrogen functional groups attached to an aromatic ring is 1. The molecule has 4 heterocycles. The molecular formula is C31H38N8O2S. The molecule has 3 aromatic heterocycles. The smallest absolute Gasteiger partial charge is 0.151 e. The second-order valence-corrected chi connectivity index (χ2v) is 13.6. The van der Waals surface area contributed by atoms with Crippen LogP contribution in [0.15, 0.2) is 67.1 Å². The van der Waals surface area contributed by atoms with Crippen LogP contribution in [0.4, 0.5) is 5.82 Å². The topological polar surface area (TPSA) is 115 Å². The van der Waals surface area contributed by atoms with Gasteiger partial charge in [0.15, 0.2) is 5.82 Å². The van der Waals surface area contributed by atoms with E-state index >= 15 is 0 Å². The maximum absolute atomic E-state index is 11.5. The maximum Gasteiger partial charge on any atom is 0.151 e. The van der Waals surface area contributed by atoms with E-state index < -0.39 is 9.84 Å². The second-order valence-electron chi connectivity index (χ2n) is 11.3. The maximum atomic E-state index is 11.5. The highest BCUT2D eigenvalue weighted by atomic mass is 32.2. The summed E-state index contributed by atoms with van der Waals surface area (Å²) in [6, 6.07) is 18.9. The van der Waals surface area contributed by atoms with Crippen molar-refractivity contribution >= 4 is 32.1 Å². The predicted octanol–water partition coefficient (Wildman–Crippen LogP) is 3.36. The first-order chi connectivity index (χ1) is 20.3. The number of sulfone groups is 1. The van der Waals surface area contributed by atoms with Crippen LogP contribution < -0.4 is 5.73 Å². The molecule has 1 aliphatic heterocycles. The number of aryl methyl sites for hydroxylation is 1. The molecule has 0 bridgehead atoms. The Hall–Kier alpha value is -3.80. The van der Waals surface area contributed by atoms with Crippen LogP contribution in [-0.4, -0.2) is 93.9 Å². The van der Waals surface area contributed by atoms with Gasteiger partial charge in [0.2, 0.25) is 0 Å². The number of nitrogens with zero attached hydrogens (tertiary/aromatic N) is 7. The van der Waals surface area contributed by atoms with Crippen LogP contribution in [0.25, 0.3) is 27.5 Å². The van der Waals surface area contributed by atoms with Gasteiger partial charge in [0, 0.05) is 61.8 Å². The summed E-state index contributed by atoms with van der Waals surface area (Å²) in [6.07, 6.45) is 7.92. The monoisotopic (exact) mass is 586 g/mol. The zero-order chi connectivity index (χ0) is 29.1. The van der Waals surface area contributed by atoms with Gasteiger partial charge in [0.25, 0.3) is 0 Å². The number of fused-ring (bicyclic) bond motifs is 2. The first-order valence-electron chi connectivity index (χ1n) is 14.6. The van der Waals surface area contributed by atoms with Gasteiger partial charge in [-0.05, 0) is 49.1 Å². The van der Waals surface area contributed by atoms with Crippen molar-refractivity contribution in [2.45, 2.75) is 25.8 Å². The van der Waals surface area contributed by atoms with Gasteiger partial charge in [0.05, 0.1) is 17.8 Å². The SMILES string of the molecule is CS(=O)(=O)CCN1CCN(CCCCc2cc(-c3ccc4cn(Cc5ccccc5)nc4c3)c3c(N)ncnn23)CC1. The molecule has 5 aromatic rings. The van der Waals surface area contributed by atoms with E-state index in [4.69, 9.17) is 10.8 Å². The third-order valence-electron chi connectivity index (χ3n) is 8.11. The van der Waals surface area contributed by atoms with E-state index in [-0.39, 0.29) is 5.75 Å². The third-order valence-corrected chi connectivity index (χ3v) is 9.03. The fourth-order valence-corrected chi connectivity index (χ4v) is 6.38. The molecule has 6 rings (SSSR count). The van der Waals surface area contributed by atoms with Crippen molar-refractivity contribution in [2.24, 2.45) is 0 Å². The number of piperazine rings is 1. The summed E-state index contributed by atoms with van der Waals surface area (Å²) in [5, 5.41) is 10.5. The van der Waals surface area contributed by atoms with E-state index in [1.807, 2.05) is 27.4 Å². The number of aromatic nitrogens is 5. The molecule has 2 aromatic carbocycles. The molecule has 0 saturated carbocycles. The van der Waals surface area contributed by atoms with Crippen molar-refractivity contribution in [1.82, 2.24) is 34.2 Å². The number of unbranched alkanes of at least 4 members (excludes halogenated alkanes) is 1. The molecule has 0 spiro atoms. The lowest BCUT2D eigenvalue weighted by Crippen LogP contribution is -2.47. The zero-order valence-corrected chi connectivity index (χ0v) is 24.9. The number of nitrogens with two attached hydrogens (primary N) is 1. The van der Waals surface area contributed by atoms with Crippen molar-refractivity contribution in [1.29, 1.82) is 0 Å². The Kier molecular flexibility index (Phi) is 8.23. The molecule has 11 heteroatoms. The average Bonchev–Trinajstić information content (AvgIpc) is 3.56. The Morgan fingerprint density at radius 3 is 2.45 bits per heavy atom. The Morgan fingerprint density at radius 1 is 0.929 bits per heavy atom. The first kappa shape index (κ1) is 28.3. The highest BCUT2D eigenvalue weighted by Gasteiger charge is 2.19. The molecule has 220 valence electrons. The third kappa shape index (κ3) is 6.64. The van der Waals surface area contributed by atoms with Crippen molar-refractivity contribution in [2.75, 3.05) is 57.0 Å². The molecule has 1 aliphatic rings. The van der Waals surface area contributed by atoms with E-state index in [2.05, 4.69) is 62.5 Å². The number of hydrogen-bond donors (Lipinski definition) is 1. The van der Waals surface area contributed by atoms with Crippen LogP contribution in [0, 0.1) is 0 Å². The number of anilines is 1. The quantitative estimate of drug-likeness (QED) is 0.234. The highest BCUT2D eigenvalue weighted by molar-refractivity contribution is 7.90. The Balaban J connectivity index is 1.11. The number of rotatable bonds is 11. The summed E-state index contributed by atoms with van der Waals surface area (Å²) in [6.45, 7) is 6.20. The molecule has 0 atom stereocenters. The van der Waals surface area contributed by atoms with Gasteiger partial charge in [-0.15, -0.1) is 0 Å². The molecular weight excluding hydrogens is 548 g/mol. The minimum Gasteiger partial charge on any atom is -0.382 e. The normalized spacial score (nSPS) is 15.2. The molecule has 2 N–H and O–H groups in total. The van der Waals surface area contributed by atoms with Gasteiger partial charge in [-0.1, -0.05) is 42.5 Å². The molecule has 42 heavy (non-hydrogen) atoms. The molecule has 0 amide bonds. The van der Waals surface area contributed by atoms with Gasteiger partial charge < -0.3 is 10.6 Å². The minimum atomic E-state index is -2.91. The molecule has 0 radical (unpaired) electrons. The summed E-state index contributed by atoms with van der Waals surface area (Å²) in [5.41, 5.74) is 12.6. The molecule has 10 nitrogen and oxygen atoms in total. The van der Waals surface area contributed by atoms with Gasteiger partial charge in [-0.3, -0.25) is 9.58 Å². The van der Waals surface area contributed by atoms with Gasteiger partial charge >= 0.3 is 0 Å². The lowest BCUT2D eigenvalue weighted by Gasteiger charge is -2.34. The summed E-state index contributed by atoms with van der Waals surface area (Å²) >= 11 is 0. The lowest BCUT2D eigenvalue weighted by atomic mass is 10.0. The van der Waals surface area contributed by atoms with Crippen LogP contribution in [0.2, 0.25) is 0 Å². The highest BCUT2D eigenvalue weighted by Crippen LogP contribution is 2.32. The second kappa shape index (κ2) is 12.2. The molecule has 0 unspecified atom stereocenters. The summed E-state index contributed by atoms with van der Waals surface area (Å²) < 4.78 is 26.9. The van der Waals surface area contributed by atoms with Gasteiger partial charge in [0.1, 0.15) is 21.7 Å². The summed E-state index contributed by atoms with van der Waals surface area (Å²) in [5.74, 6) is 0.703. The van der Waals surface area contributed by atoms with E-state index in [1.54, 1.807) is 0 Å². The fraction of sp³-hybridized carbons (Fsp3) is 0.387. The lowest BCUT2D eigenvalue weighted by molar-refractivity contribution is 0.136. The first-order valence-corrected chi connectivity index (χ1v) is 16.6. The van der Waals surface area contributed by atoms with Crippen molar-refractivity contribution < 1.29 is 8.42 Å². The summed E-state index contributed by atoms with van der Waals surface area (Å²) in [7, 11) is -2.91. The summed E-state index contributed by atoms with van der Waals surface area (Å²) in [4.78, 5) is 9.02. The van der Waals surface area contributed by atoms with Gasteiger partial charge in [-0.2, -0.15) is 10.2 Å². The van der Waals surface area contributed by atoms with Crippen molar-refractivity contribution in [3.05, 3.63) is 78.4 Å². The van der Waals surface area contributed by atoms with Crippen LogP contribution in [0.3, 0.4) is 0 Å². The molecule has 0 aliphatic carbocycles. The number of hydrogen-bond acceptors (Lipinski definition) is 8. The van der Waals surface area contributed by atoms with Crippen LogP contribution in [0.1, 0.15) is 24.1 Å². The Bertz CT molecular complexity index is 1770. The average molecular weight is 587 g/mol. The Morgan fingerprint density at radius 2 is 1.69 bits per heavy atom.